The van der Waals surface area contributed by atoms with Crippen LogP contribution in [0.4, 0.5) is 19.1 Å². The zero-order chi connectivity index (χ0) is 20.0. The topological polar surface area (TPSA) is 54.8 Å². The maximum Gasteiger partial charge on any atom is 0.243 e. The molecule has 3 aromatic rings. The lowest BCUT2D eigenvalue weighted by atomic mass is 10.1. The van der Waals surface area contributed by atoms with E-state index in [1.807, 2.05) is 0 Å². The molecule has 0 saturated carbocycles. The Labute approximate surface area is 164 Å². The number of aryl methyl sites for hydroxylation is 2. The number of halogens is 4. The Morgan fingerprint density at radius 2 is 1.86 bits per heavy atom. The van der Waals surface area contributed by atoms with Crippen molar-refractivity contribution in [1.82, 2.24) is 19.9 Å². The van der Waals surface area contributed by atoms with Crippen molar-refractivity contribution in [3.05, 3.63) is 40.4 Å². The first kappa shape index (κ1) is 18.9. The van der Waals surface area contributed by atoms with E-state index in [1.54, 1.807) is 24.8 Å². The van der Waals surface area contributed by atoms with Gasteiger partial charge in [-0.1, -0.05) is 11.6 Å². The van der Waals surface area contributed by atoms with Crippen molar-refractivity contribution in [2.24, 2.45) is 5.92 Å². The van der Waals surface area contributed by atoms with Gasteiger partial charge in [0.05, 0.1) is 11.4 Å². The third-order valence-electron chi connectivity index (χ3n) is 4.98. The second-order valence-electron chi connectivity index (χ2n) is 6.89. The van der Waals surface area contributed by atoms with Gasteiger partial charge >= 0.3 is 0 Å². The van der Waals surface area contributed by atoms with Gasteiger partial charge in [-0.3, -0.25) is 0 Å². The fourth-order valence-corrected chi connectivity index (χ4v) is 3.44. The van der Waals surface area contributed by atoms with E-state index in [9.17, 15) is 13.2 Å². The third-order valence-corrected chi connectivity index (χ3v) is 5.22. The molecular weight excluding hydrogens is 391 g/mol. The molecule has 1 saturated heterocycles. The van der Waals surface area contributed by atoms with Gasteiger partial charge in [-0.15, -0.1) is 0 Å². The Hall–Kier alpha value is -2.48. The molecule has 0 bridgehead atoms. The molecule has 0 radical (unpaired) electrons. The van der Waals surface area contributed by atoms with Crippen LogP contribution >= 0.6 is 11.6 Å². The van der Waals surface area contributed by atoms with Crippen LogP contribution in [0.1, 0.15) is 17.8 Å². The van der Waals surface area contributed by atoms with Gasteiger partial charge in [-0.25, -0.2) is 28.1 Å². The van der Waals surface area contributed by atoms with Crippen molar-refractivity contribution in [2.45, 2.75) is 26.7 Å². The molecule has 0 N–H and O–H groups in total. The van der Waals surface area contributed by atoms with E-state index in [1.165, 1.54) is 12.1 Å². The highest BCUT2D eigenvalue weighted by molar-refractivity contribution is 6.30. The van der Waals surface area contributed by atoms with Gasteiger partial charge in [0.1, 0.15) is 17.0 Å². The number of nitrogens with zero attached hydrogens (tertiary/aromatic N) is 5. The summed E-state index contributed by atoms with van der Waals surface area (Å²) in [5.74, 6) is -1.04. The number of hydrogen-bond donors (Lipinski definition) is 0. The molecule has 0 spiro atoms. The molecule has 0 amide bonds. The Morgan fingerprint density at radius 1 is 1.11 bits per heavy atom. The van der Waals surface area contributed by atoms with E-state index >= 15 is 0 Å². The summed E-state index contributed by atoms with van der Waals surface area (Å²) in [4.78, 5) is 19.6. The van der Waals surface area contributed by atoms with Crippen molar-refractivity contribution < 1.29 is 13.2 Å². The first-order valence-electron chi connectivity index (χ1n) is 8.85. The lowest BCUT2D eigenvalue weighted by Crippen LogP contribution is -2.24. The Balaban J connectivity index is 1.90. The Morgan fingerprint density at radius 3 is 2.54 bits per heavy atom. The second-order valence-corrected chi connectivity index (χ2v) is 7.33. The molecule has 1 aliphatic rings. The summed E-state index contributed by atoms with van der Waals surface area (Å²) >= 11 is 5.87. The van der Waals surface area contributed by atoms with Crippen LogP contribution in [0.3, 0.4) is 0 Å². The van der Waals surface area contributed by atoms with Gasteiger partial charge in [-0.2, -0.15) is 4.98 Å². The first-order chi connectivity index (χ1) is 13.3. The molecule has 2 aromatic heterocycles. The number of hydrogen-bond acceptors (Lipinski definition) is 5. The van der Waals surface area contributed by atoms with Crippen LogP contribution in [-0.4, -0.2) is 39.5 Å². The average molecular weight is 408 g/mol. The summed E-state index contributed by atoms with van der Waals surface area (Å²) in [5, 5.41) is 0.261. The average Bonchev–Trinajstić information content (AvgIpc) is 3.13. The third kappa shape index (κ3) is 3.37. The Kier molecular flexibility index (Phi) is 4.82. The fourth-order valence-electron chi connectivity index (χ4n) is 3.29. The first-order valence-corrected chi connectivity index (χ1v) is 9.23. The van der Waals surface area contributed by atoms with Crippen molar-refractivity contribution in [1.29, 1.82) is 0 Å². The zero-order valence-corrected chi connectivity index (χ0v) is 16.0. The van der Waals surface area contributed by atoms with Gasteiger partial charge in [0.15, 0.2) is 5.65 Å². The van der Waals surface area contributed by atoms with Crippen LogP contribution in [0.15, 0.2) is 18.2 Å². The summed E-state index contributed by atoms with van der Waals surface area (Å²) < 4.78 is 40.7. The summed E-state index contributed by atoms with van der Waals surface area (Å²) in [7, 11) is 0. The smallest absolute Gasteiger partial charge is 0.243 e. The van der Waals surface area contributed by atoms with Crippen LogP contribution in [0.5, 0.6) is 0 Å². The lowest BCUT2D eigenvalue weighted by Gasteiger charge is -2.18. The molecular formula is C19H17ClF3N5. The van der Waals surface area contributed by atoms with Gasteiger partial charge in [0, 0.05) is 29.6 Å². The lowest BCUT2D eigenvalue weighted by molar-refractivity contribution is 0.0879. The zero-order valence-electron chi connectivity index (χ0n) is 15.3. The molecule has 4 rings (SSSR count). The molecule has 1 aliphatic heterocycles. The molecule has 0 aliphatic carbocycles. The highest BCUT2D eigenvalue weighted by atomic mass is 35.5. The van der Waals surface area contributed by atoms with E-state index in [4.69, 9.17) is 11.6 Å². The maximum atomic E-state index is 14.6. The number of anilines is 1. The summed E-state index contributed by atoms with van der Waals surface area (Å²) in [5.41, 5.74) is 2.51. The minimum atomic E-state index is -2.40. The molecule has 1 fully saturated rings. The van der Waals surface area contributed by atoms with Gasteiger partial charge < -0.3 is 4.90 Å². The molecule has 1 atom stereocenters. The van der Waals surface area contributed by atoms with Crippen LogP contribution in [0, 0.1) is 25.6 Å². The molecule has 0 unspecified atom stereocenters. The molecule has 9 heteroatoms. The van der Waals surface area contributed by atoms with Crippen LogP contribution in [-0.2, 0) is 0 Å². The highest BCUT2D eigenvalue weighted by Crippen LogP contribution is 2.32. The van der Waals surface area contributed by atoms with Crippen molar-refractivity contribution in [2.75, 3.05) is 18.0 Å². The number of benzene rings is 1. The normalized spacial score (nSPS) is 17.1. The molecule has 146 valence electrons. The second kappa shape index (κ2) is 7.16. The minimum absolute atomic E-state index is 0.143. The van der Waals surface area contributed by atoms with E-state index in [0.717, 1.165) is 0 Å². The number of alkyl halides is 2. The Bertz CT molecular complexity index is 1060. The van der Waals surface area contributed by atoms with E-state index < -0.39 is 18.2 Å². The quantitative estimate of drug-likeness (QED) is 0.635. The standard InChI is InChI=1S/C19H17ClF3N5/c1-9-10(2)25-18-16(24-9)15(13-4-3-12(20)7-14(13)21)26-19(27-18)28-6-5-11(8-28)17(22)23/h3-4,7,11,17H,5-6,8H2,1-2H3/t11-/m1/s1. The number of fused-ring (bicyclic) bond motifs is 1. The predicted octanol–water partition coefficient (Wildman–Crippen LogP) is 4.59. The van der Waals surface area contributed by atoms with Crippen LogP contribution in [0.2, 0.25) is 5.02 Å². The van der Waals surface area contributed by atoms with Crippen molar-refractivity contribution in [3.8, 4) is 11.3 Å². The highest BCUT2D eigenvalue weighted by Gasteiger charge is 2.31. The predicted molar refractivity (Wildman–Crippen MR) is 101 cm³/mol. The number of aromatic nitrogens is 4. The minimum Gasteiger partial charge on any atom is -0.340 e. The van der Waals surface area contributed by atoms with Crippen LogP contribution in [0.25, 0.3) is 22.4 Å². The van der Waals surface area contributed by atoms with E-state index in [2.05, 4.69) is 19.9 Å². The van der Waals surface area contributed by atoms with Gasteiger partial charge in [0.25, 0.3) is 0 Å². The molecule has 1 aromatic carbocycles. The summed E-state index contributed by atoms with van der Waals surface area (Å²) in [6.45, 7) is 4.14. The molecule has 28 heavy (non-hydrogen) atoms. The SMILES string of the molecule is Cc1nc2nc(N3CC[C@@H](C(F)F)C3)nc(-c3ccc(Cl)cc3F)c2nc1C. The molecule has 3 heterocycles. The molecule has 5 nitrogen and oxygen atoms in total. The monoisotopic (exact) mass is 407 g/mol. The summed E-state index contributed by atoms with van der Waals surface area (Å²) in [6.07, 6.45) is -2.05. The maximum absolute atomic E-state index is 14.6. The van der Waals surface area contributed by atoms with Gasteiger partial charge in [-0.05, 0) is 38.5 Å². The van der Waals surface area contributed by atoms with Crippen molar-refractivity contribution >= 4 is 28.7 Å². The van der Waals surface area contributed by atoms with Crippen molar-refractivity contribution in [3.63, 3.8) is 0 Å². The summed E-state index contributed by atoms with van der Waals surface area (Å²) in [6, 6.07) is 4.28. The van der Waals surface area contributed by atoms with Crippen LogP contribution < -0.4 is 4.90 Å². The largest absolute Gasteiger partial charge is 0.340 e. The fraction of sp³-hybridized carbons (Fsp3) is 0.368. The van der Waals surface area contributed by atoms with E-state index in [0.29, 0.717) is 35.5 Å². The van der Waals surface area contributed by atoms with Gasteiger partial charge in [0.2, 0.25) is 12.4 Å². The number of rotatable bonds is 3. The van der Waals surface area contributed by atoms with E-state index in [-0.39, 0.29) is 28.8 Å².